The van der Waals surface area contributed by atoms with Crippen LogP contribution < -0.4 is 0 Å². The minimum absolute atomic E-state index is 0.404. The predicted octanol–water partition coefficient (Wildman–Crippen LogP) is 2.67. The van der Waals surface area contributed by atoms with Crippen molar-refractivity contribution in [3.63, 3.8) is 0 Å². The van der Waals surface area contributed by atoms with Crippen molar-refractivity contribution in [2.45, 2.75) is 29.9 Å². The van der Waals surface area contributed by atoms with E-state index in [1.54, 1.807) is 0 Å². The first-order valence-corrected chi connectivity index (χ1v) is 7.16. The van der Waals surface area contributed by atoms with Gasteiger partial charge in [0.25, 0.3) is 0 Å². The van der Waals surface area contributed by atoms with E-state index in [1.165, 1.54) is 18.5 Å². The number of methoxy groups -OCH3 is 1. The maximum absolute atomic E-state index is 5.61. The molecule has 0 radical (unpaired) electrons. The number of benzene rings is 1. The van der Waals surface area contributed by atoms with Crippen LogP contribution in [0.5, 0.6) is 0 Å². The number of likely N-dealkylation sites (tertiary alicyclic amines) is 1. The predicted molar refractivity (Wildman–Crippen MR) is 72.3 cm³/mol. The van der Waals surface area contributed by atoms with Gasteiger partial charge in [0.2, 0.25) is 0 Å². The van der Waals surface area contributed by atoms with Crippen LogP contribution >= 0.6 is 15.9 Å². The van der Waals surface area contributed by atoms with Gasteiger partial charge in [0, 0.05) is 31.1 Å². The lowest BCUT2D eigenvalue weighted by molar-refractivity contribution is 0.0172. The van der Waals surface area contributed by atoms with Gasteiger partial charge in [-0.15, -0.1) is 0 Å². The van der Waals surface area contributed by atoms with Gasteiger partial charge in [-0.2, -0.15) is 0 Å². The second-order valence-electron chi connectivity index (χ2n) is 5.12. The Hall–Kier alpha value is -0.380. The summed E-state index contributed by atoms with van der Waals surface area (Å²) in [6.45, 7) is 2.25. The summed E-state index contributed by atoms with van der Waals surface area (Å²) in [4.78, 5) is 3.17. The zero-order chi connectivity index (χ0) is 11.8. The molecule has 1 aliphatic carbocycles. The molecule has 4 atom stereocenters. The van der Waals surface area contributed by atoms with Crippen molar-refractivity contribution in [1.82, 2.24) is 4.90 Å². The van der Waals surface area contributed by atoms with Gasteiger partial charge >= 0.3 is 0 Å². The summed E-state index contributed by atoms with van der Waals surface area (Å²) in [6, 6.07) is 11.3. The third kappa shape index (κ3) is 2.05. The molecule has 2 aliphatic rings. The molecule has 0 N–H and O–H groups in total. The molecule has 1 aliphatic heterocycles. The molecule has 1 heterocycles. The largest absolute Gasteiger partial charge is 0.380 e. The van der Waals surface area contributed by atoms with Crippen molar-refractivity contribution in [3.8, 4) is 0 Å². The third-order valence-corrected chi connectivity index (χ3v) is 5.40. The van der Waals surface area contributed by atoms with E-state index in [0.29, 0.717) is 17.0 Å². The number of hydrogen-bond acceptors (Lipinski definition) is 2. The molecule has 0 amide bonds. The van der Waals surface area contributed by atoms with E-state index < -0.39 is 0 Å². The molecule has 2 nitrogen and oxygen atoms in total. The third-order valence-electron chi connectivity index (χ3n) is 4.11. The molecule has 1 saturated heterocycles. The minimum Gasteiger partial charge on any atom is -0.380 e. The zero-order valence-electron chi connectivity index (χ0n) is 10.1. The van der Waals surface area contributed by atoms with Crippen LogP contribution in [-0.2, 0) is 11.3 Å². The van der Waals surface area contributed by atoms with Gasteiger partial charge in [-0.1, -0.05) is 46.3 Å². The van der Waals surface area contributed by atoms with E-state index in [2.05, 4.69) is 51.2 Å². The molecule has 17 heavy (non-hydrogen) atoms. The lowest BCUT2D eigenvalue weighted by Gasteiger charge is -2.32. The molecule has 1 saturated carbocycles. The van der Waals surface area contributed by atoms with Gasteiger partial charge in [0.15, 0.2) is 0 Å². The fourth-order valence-electron chi connectivity index (χ4n) is 3.31. The number of hydrogen-bond donors (Lipinski definition) is 0. The van der Waals surface area contributed by atoms with Gasteiger partial charge in [-0.3, -0.25) is 4.90 Å². The fourth-order valence-corrected chi connectivity index (χ4v) is 4.37. The molecular formula is C14H18BrNO. The van der Waals surface area contributed by atoms with Crippen molar-refractivity contribution in [2.75, 3.05) is 13.7 Å². The average Bonchev–Trinajstić information content (AvgIpc) is 2.83. The molecule has 1 aromatic rings. The van der Waals surface area contributed by atoms with Crippen LogP contribution in [0.1, 0.15) is 12.0 Å². The highest BCUT2D eigenvalue weighted by molar-refractivity contribution is 9.09. The van der Waals surface area contributed by atoms with Crippen LogP contribution in [0.25, 0.3) is 0 Å². The van der Waals surface area contributed by atoms with Crippen molar-refractivity contribution >= 4 is 15.9 Å². The molecule has 0 spiro atoms. The number of ether oxygens (including phenoxy) is 1. The van der Waals surface area contributed by atoms with Crippen molar-refractivity contribution in [2.24, 2.45) is 5.92 Å². The Labute approximate surface area is 111 Å². The van der Waals surface area contributed by atoms with E-state index >= 15 is 0 Å². The maximum Gasteiger partial charge on any atom is 0.0741 e. The smallest absolute Gasteiger partial charge is 0.0741 e. The molecule has 2 bridgehead atoms. The molecule has 2 fully saturated rings. The molecular weight excluding hydrogens is 278 g/mol. The van der Waals surface area contributed by atoms with E-state index in [9.17, 15) is 0 Å². The van der Waals surface area contributed by atoms with Crippen LogP contribution in [0.3, 0.4) is 0 Å². The molecule has 0 aromatic heterocycles. The van der Waals surface area contributed by atoms with Gasteiger partial charge in [-0.05, 0) is 17.9 Å². The van der Waals surface area contributed by atoms with Crippen LogP contribution in [0, 0.1) is 5.92 Å². The first-order chi connectivity index (χ1) is 8.29. The Kier molecular flexibility index (Phi) is 3.24. The summed E-state index contributed by atoms with van der Waals surface area (Å²) in [6.07, 6.45) is 1.62. The number of rotatable bonds is 3. The summed E-state index contributed by atoms with van der Waals surface area (Å²) >= 11 is 3.84. The highest BCUT2D eigenvalue weighted by Gasteiger charge is 2.51. The first kappa shape index (κ1) is 11.7. The number of fused-ring (bicyclic) bond motifs is 2. The van der Waals surface area contributed by atoms with Crippen LogP contribution in [0.4, 0.5) is 0 Å². The molecule has 0 unspecified atom stereocenters. The fraction of sp³-hybridized carbons (Fsp3) is 0.571. The Morgan fingerprint density at radius 1 is 1.35 bits per heavy atom. The van der Waals surface area contributed by atoms with Crippen LogP contribution in [0.15, 0.2) is 30.3 Å². The Morgan fingerprint density at radius 2 is 2.12 bits per heavy atom. The highest BCUT2D eigenvalue weighted by atomic mass is 79.9. The normalized spacial score (nSPS) is 36.6. The molecule has 1 aromatic carbocycles. The summed E-state index contributed by atoms with van der Waals surface area (Å²) in [7, 11) is 1.84. The first-order valence-electron chi connectivity index (χ1n) is 6.24. The lowest BCUT2D eigenvalue weighted by Crippen LogP contribution is -2.42. The Morgan fingerprint density at radius 3 is 2.76 bits per heavy atom. The van der Waals surface area contributed by atoms with Gasteiger partial charge < -0.3 is 4.74 Å². The highest BCUT2D eigenvalue weighted by Crippen LogP contribution is 2.44. The molecule has 92 valence electrons. The number of nitrogens with zero attached hydrogens (tertiary/aromatic N) is 1. The number of halogens is 1. The van der Waals surface area contributed by atoms with E-state index in [4.69, 9.17) is 4.74 Å². The second kappa shape index (κ2) is 4.71. The summed E-state index contributed by atoms with van der Waals surface area (Å²) < 4.78 is 5.61. The average molecular weight is 296 g/mol. The Bertz CT molecular complexity index is 383. The summed E-state index contributed by atoms with van der Waals surface area (Å²) in [5.74, 6) is 0.758. The van der Waals surface area contributed by atoms with Crippen molar-refractivity contribution < 1.29 is 4.74 Å². The quantitative estimate of drug-likeness (QED) is 0.795. The van der Waals surface area contributed by atoms with Gasteiger partial charge in [0.1, 0.15) is 0 Å². The monoisotopic (exact) mass is 295 g/mol. The second-order valence-corrected chi connectivity index (χ2v) is 6.18. The number of alkyl halides is 1. The van der Waals surface area contributed by atoms with Crippen molar-refractivity contribution in [1.29, 1.82) is 0 Å². The minimum atomic E-state index is 0.404. The van der Waals surface area contributed by atoms with E-state index in [-0.39, 0.29) is 0 Å². The number of piperidine rings is 1. The molecule has 3 heteroatoms. The van der Waals surface area contributed by atoms with Gasteiger partial charge in [0.05, 0.1) is 6.10 Å². The molecule has 3 rings (SSSR count). The van der Waals surface area contributed by atoms with Crippen molar-refractivity contribution in [3.05, 3.63) is 35.9 Å². The topological polar surface area (TPSA) is 12.5 Å². The lowest BCUT2D eigenvalue weighted by atomic mass is 10.1. The zero-order valence-corrected chi connectivity index (χ0v) is 11.6. The van der Waals surface area contributed by atoms with E-state index in [1.807, 2.05) is 7.11 Å². The summed E-state index contributed by atoms with van der Waals surface area (Å²) in [5.41, 5.74) is 1.40. The summed E-state index contributed by atoms with van der Waals surface area (Å²) in [5, 5.41) is 0. The van der Waals surface area contributed by atoms with Gasteiger partial charge in [-0.25, -0.2) is 0 Å². The van der Waals surface area contributed by atoms with Crippen LogP contribution in [0.2, 0.25) is 0 Å². The van der Waals surface area contributed by atoms with Crippen LogP contribution in [-0.4, -0.2) is 35.5 Å². The standard InChI is InChI=1S/C14H18BrNO/c1-17-12-7-11-9-16(14(12)13(11)15)8-10-5-3-2-4-6-10/h2-6,11-14H,7-9H2,1H3/t11-,12+,13-,14+/m1/s1. The SMILES string of the molecule is CO[C@H]1C[C@@H]2CN(Cc3ccccc3)[C@@H]1[C@@H]2Br. The maximum atomic E-state index is 5.61. The Balaban J connectivity index is 1.73. The van der Waals surface area contributed by atoms with E-state index in [0.717, 1.165) is 12.5 Å².